The number of rotatable bonds is 6. The van der Waals surface area contributed by atoms with Gasteiger partial charge < -0.3 is 15.5 Å². The van der Waals surface area contributed by atoms with Crippen LogP contribution in [-0.4, -0.2) is 47.0 Å². The summed E-state index contributed by atoms with van der Waals surface area (Å²) in [5.41, 5.74) is 0.961. The minimum atomic E-state index is 0.145. The van der Waals surface area contributed by atoms with Gasteiger partial charge in [0.1, 0.15) is 17.5 Å². The summed E-state index contributed by atoms with van der Waals surface area (Å²) in [5, 5.41) is 6.47. The van der Waals surface area contributed by atoms with E-state index in [2.05, 4.69) is 27.5 Å². The lowest BCUT2D eigenvalue weighted by atomic mass is 10.3. The Morgan fingerprint density at radius 2 is 1.76 bits per heavy atom. The molecule has 1 aliphatic heterocycles. The molecular formula is C15H25N5O. The van der Waals surface area contributed by atoms with Gasteiger partial charge in [0.05, 0.1) is 6.54 Å². The quantitative estimate of drug-likeness (QED) is 0.838. The maximum Gasteiger partial charge on any atom is 0.241 e. The van der Waals surface area contributed by atoms with Crippen molar-refractivity contribution in [3.8, 4) is 0 Å². The van der Waals surface area contributed by atoms with E-state index >= 15 is 0 Å². The van der Waals surface area contributed by atoms with Gasteiger partial charge in [0.2, 0.25) is 5.91 Å². The molecule has 0 atom stereocenters. The number of aryl methyl sites for hydroxylation is 1. The van der Waals surface area contributed by atoms with Gasteiger partial charge in [0, 0.05) is 25.2 Å². The van der Waals surface area contributed by atoms with E-state index in [9.17, 15) is 4.79 Å². The van der Waals surface area contributed by atoms with Crippen molar-refractivity contribution in [3.63, 3.8) is 0 Å². The first kappa shape index (κ1) is 15.5. The van der Waals surface area contributed by atoms with Crippen LogP contribution in [0.3, 0.4) is 0 Å². The number of nitrogens with zero attached hydrogens (tertiary/aromatic N) is 3. The fourth-order valence-corrected chi connectivity index (χ4v) is 2.45. The van der Waals surface area contributed by atoms with Crippen LogP contribution < -0.4 is 10.6 Å². The molecule has 0 aliphatic carbocycles. The zero-order valence-electron chi connectivity index (χ0n) is 13.2. The Labute approximate surface area is 126 Å². The standard InChI is InChI=1S/C15H25N5O/c1-4-7-16-14-11(2)15(19-12(3)18-14)17-10-13(21)20-8-5-6-9-20/h4-10H2,1-3H3,(H2,16,17,18,19). The first-order chi connectivity index (χ1) is 10.1. The van der Waals surface area contributed by atoms with Gasteiger partial charge in [0.25, 0.3) is 0 Å². The normalized spacial score (nSPS) is 14.3. The number of nitrogens with one attached hydrogen (secondary N) is 2. The molecule has 1 saturated heterocycles. The zero-order chi connectivity index (χ0) is 15.2. The molecule has 0 unspecified atom stereocenters. The molecule has 1 aromatic rings. The highest BCUT2D eigenvalue weighted by Crippen LogP contribution is 2.19. The highest BCUT2D eigenvalue weighted by Gasteiger charge is 2.18. The molecule has 2 rings (SSSR count). The van der Waals surface area contributed by atoms with Crippen LogP contribution in [0.2, 0.25) is 0 Å². The van der Waals surface area contributed by atoms with Crippen molar-refractivity contribution in [3.05, 3.63) is 11.4 Å². The minimum Gasteiger partial charge on any atom is -0.370 e. The van der Waals surface area contributed by atoms with E-state index < -0.39 is 0 Å². The first-order valence-electron chi connectivity index (χ1n) is 7.72. The van der Waals surface area contributed by atoms with Crippen LogP contribution in [0.5, 0.6) is 0 Å². The first-order valence-corrected chi connectivity index (χ1v) is 7.72. The molecule has 6 heteroatoms. The van der Waals surface area contributed by atoms with Gasteiger partial charge >= 0.3 is 0 Å². The molecule has 1 aliphatic rings. The lowest BCUT2D eigenvalue weighted by Gasteiger charge is -2.17. The van der Waals surface area contributed by atoms with Crippen molar-refractivity contribution in [2.75, 3.05) is 36.8 Å². The number of carbonyl (C=O) groups is 1. The van der Waals surface area contributed by atoms with Gasteiger partial charge in [-0.05, 0) is 33.1 Å². The summed E-state index contributed by atoms with van der Waals surface area (Å²) in [7, 11) is 0. The Morgan fingerprint density at radius 1 is 1.14 bits per heavy atom. The smallest absolute Gasteiger partial charge is 0.241 e. The molecule has 2 heterocycles. The van der Waals surface area contributed by atoms with Crippen molar-refractivity contribution in [2.45, 2.75) is 40.0 Å². The molecule has 6 nitrogen and oxygen atoms in total. The monoisotopic (exact) mass is 291 g/mol. The Bertz CT molecular complexity index is 497. The predicted octanol–water partition coefficient (Wildman–Crippen LogP) is 1.95. The molecule has 116 valence electrons. The summed E-state index contributed by atoms with van der Waals surface area (Å²) in [4.78, 5) is 22.8. The Hall–Kier alpha value is -1.85. The maximum atomic E-state index is 12.1. The summed E-state index contributed by atoms with van der Waals surface area (Å²) in [5.74, 6) is 2.44. The second kappa shape index (κ2) is 7.24. The number of hydrogen-bond donors (Lipinski definition) is 2. The lowest BCUT2D eigenvalue weighted by Crippen LogP contribution is -2.33. The predicted molar refractivity (Wildman–Crippen MR) is 84.6 cm³/mol. The van der Waals surface area contributed by atoms with Crippen LogP contribution in [0.1, 0.15) is 37.6 Å². The molecule has 0 spiro atoms. The summed E-state index contributed by atoms with van der Waals surface area (Å²) in [6.07, 6.45) is 3.27. The number of carbonyl (C=O) groups excluding carboxylic acids is 1. The number of amides is 1. The second-order valence-electron chi connectivity index (χ2n) is 5.46. The second-order valence-corrected chi connectivity index (χ2v) is 5.46. The summed E-state index contributed by atoms with van der Waals surface area (Å²) in [6.45, 7) is 8.89. The number of anilines is 2. The van der Waals surface area contributed by atoms with Crippen molar-refractivity contribution < 1.29 is 4.79 Å². The van der Waals surface area contributed by atoms with E-state index in [-0.39, 0.29) is 5.91 Å². The van der Waals surface area contributed by atoms with Crippen LogP contribution in [0.25, 0.3) is 0 Å². The van der Waals surface area contributed by atoms with Crippen LogP contribution in [0.4, 0.5) is 11.6 Å². The van der Waals surface area contributed by atoms with Gasteiger partial charge in [-0.25, -0.2) is 9.97 Å². The van der Waals surface area contributed by atoms with Gasteiger partial charge in [-0.2, -0.15) is 0 Å². The Kier molecular flexibility index (Phi) is 5.36. The Balaban J connectivity index is 2.01. The molecular weight excluding hydrogens is 266 g/mol. The van der Waals surface area contributed by atoms with E-state index in [0.29, 0.717) is 12.4 Å². The maximum absolute atomic E-state index is 12.1. The summed E-state index contributed by atoms with van der Waals surface area (Å²) < 4.78 is 0. The third-order valence-corrected chi connectivity index (χ3v) is 3.67. The largest absolute Gasteiger partial charge is 0.370 e. The number of aromatic nitrogens is 2. The average molecular weight is 291 g/mol. The fourth-order valence-electron chi connectivity index (χ4n) is 2.45. The van der Waals surface area contributed by atoms with Crippen LogP contribution in [-0.2, 0) is 4.79 Å². The fraction of sp³-hybridized carbons (Fsp3) is 0.667. The van der Waals surface area contributed by atoms with Gasteiger partial charge in [-0.1, -0.05) is 6.92 Å². The van der Waals surface area contributed by atoms with Crippen molar-refractivity contribution in [2.24, 2.45) is 0 Å². The van der Waals surface area contributed by atoms with E-state index in [1.807, 2.05) is 18.7 Å². The zero-order valence-corrected chi connectivity index (χ0v) is 13.2. The molecule has 21 heavy (non-hydrogen) atoms. The van der Waals surface area contributed by atoms with E-state index in [4.69, 9.17) is 0 Å². The Morgan fingerprint density at radius 3 is 2.38 bits per heavy atom. The highest BCUT2D eigenvalue weighted by molar-refractivity contribution is 5.81. The van der Waals surface area contributed by atoms with E-state index in [0.717, 1.165) is 56.1 Å². The van der Waals surface area contributed by atoms with Crippen molar-refractivity contribution in [1.82, 2.24) is 14.9 Å². The summed E-state index contributed by atoms with van der Waals surface area (Å²) in [6, 6.07) is 0. The van der Waals surface area contributed by atoms with E-state index in [1.165, 1.54) is 0 Å². The SMILES string of the molecule is CCCNc1nc(C)nc(NCC(=O)N2CCCC2)c1C. The van der Waals surface area contributed by atoms with Gasteiger partial charge in [-0.15, -0.1) is 0 Å². The van der Waals surface area contributed by atoms with Gasteiger partial charge in [-0.3, -0.25) is 4.79 Å². The third-order valence-electron chi connectivity index (χ3n) is 3.67. The molecule has 0 radical (unpaired) electrons. The lowest BCUT2D eigenvalue weighted by molar-refractivity contribution is -0.128. The molecule has 2 N–H and O–H groups in total. The van der Waals surface area contributed by atoms with Crippen LogP contribution >= 0.6 is 0 Å². The molecule has 0 saturated carbocycles. The number of hydrogen-bond acceptors (Lipinski definition) is 5. The van der Waals surface area contributed by atoms with Crippen LogP contribution in [0, 0.1) is 13.8 Å². The molecule has 1 amide bonds. The summed E-state index contributed by atoms with van der Waals surface area (Å²) >= 11 is 0. The molecule has 0 bridgehead atoms. The average Bonchev–Trinajstić information content (AvgIpc) is 3.00. The number of likely N-dealkylation sites (tertiary alicyclic amines) is 1. The topological polar surface area (TPSA) is 70.1 Å². The van der Waals surface area contributed by atoms with E-state index in [1.54, 1.807) is 0 Å². The molecule has 1 fully saturated rings. The molecule has 1 aromatic heterocycles. The minimum absolute atomic E-state index is 0.145. The van der Waals surface area contributed by atoms with Crippen molar-refractivity contribution in [1.29, 1.82) is 0 Å². The van der Waals surface area contributed by atoms with Crippen molar-refractivity contribution >= 4 is 17.5 Å². The van der Waals surface area contributed by atoms with Crippen LogP contribution in [0.15, 0.2) is 0 Å². The molecule has 0 aromatic carbocycles. The highest BCUT2D eigenvalue weighted by atomic mass is 16.2. The third kappa shape index (κ3) is 4.06. The van der Waals surface area contributed by atoms with Gasteiger partial charge in [0.15, 0.2) is 0 Å².